The van der Waals surface area contributed by atoms with E-state index in [0.29, 0.717) is 0 Å². The van der Waals surface area contributed by atoms with E-state index >= 15 is 0 Å². The number of allylic oxidation sites excluding steroid dienone is 2. The Labute approximate surface area is 110 Å². The van der Waals surface area contributed by atoms with Crippen LogP contribution in [0.25, 0.3) is 0 Å². The van der Waals surface area contributed by atoms with E-state index in [2.05, 4.69) is 0 Å². The summed E-state index contributed by atoms with van der Waals surface area (Å²) in [6.45, 7) is 0. The van der Waals surface area contributed by atoms with Gasteiger partial charge < -0.3 is 5.11 Å². The molecule has 0 rings (SSSR count). The van der Waals surface area contributed by atoms with Crippen LogP contribution in [-0.2, 0) is 4.79 Å². The maximum atomic E-state index is 10.2. The summed E-state index contributed by atoms with van der Waals surface area (Å²) in [7, 11) is 0. The molecule has 0 spiro atoms. The second-order valence-corrected chi connectivity index (χ2v) is 5.14. The van der Waals surface area contributed by atoms with Gasteiger partial charge in [-0.05, 0) is 0 Å². The summed E-state index contributed by atoms with van der Waals surface area (Å²) in [6.07, 6.45) is 0. The molecular weight excluding hydrogens is 313 g/mol. The highest BCUT2D eigenvalue weighted by Crippen LogP contribution is 2.35. The van der Waals surface area contributed by atoms with Crippen molar-refractivity contribution in [2.45, 2.75) is 0 Å². The van der Waals surface area contributed by atoms with Crippen LogP contribution in [0.2, 0.25) is 0 Å². The molecule has 0 aliphatic carbocycles. The molecule has 0 unspecified atom stereocenters. The topological polar surface area (TPSA) is 37.3 Å². The highest BCUT2D eigenvalue weighted by Gasteiger charge is 2.11. The number of thioether (sulfide) groups is 1. The molecule has 80 valence electrons. The van der Waals surface area contributed by atoms with E-state index in [0.717, 1.165) is 11.8 Å². The number of carboxylic acids is 1. The number of carboxylic acid groups (broad SMARTS) is 1. The molecule has 0 bridgehead atoms. The zero-order valence-electron chi connectivity index (χ0n) is 6.36. The summed E-state index contributed by atoms with van der Waals surface area (Å²) < 4.78 is -0.205. The monoisotopic (exact) mass is 314 g/mol. The number of hydrogen-bond donors (Lipinski definition) is 1. The summed E-state index contributed by atoms with van der Waals surface area (Å²) >= 11 is 28.3. The Morgan fingerprint density at radius 1 is 1.07 bits per heavy atom. The lowest BCUT2D eigenvalue weighted by Gasteiger charge is -2.00. The molecule has 0 aliphatic heterocycles. The molecule has 2 nitrogen and oxygen atoms in total. The number of hydrogen-bond acceptors (Lipinski definition) is 2. The van der Waals surface area contributed by atoms with Crippen LogP contribution in [0.15, 0.2) is 18.9 Å². The van der Waals surface area contributed by atoms with E-state index in [9.17, 15) is 4.79 Å². The van der Waals surface area contributed by atoms with Crippen LogP contribution in [0.1, 0.15) is 0 Å². The summed E-state index contributed by atoms with van der Waals surface area (Å²) in [4.78, 5) is 10.2. The lowest BCUT2D eigenvalue weighted by atomic mass is 10.6. The summed E-state index contributed by atoms with van der Waals surface area (Å²) in [5.74, 6) is -1.24. The fourth-order valence-corrected chi connectivity index (χ4v) is 1.84. The maximum Gasteiger partial charge on any atom is 0.313 e. The molecule has 0 aromatic carbocycles. The van der Waals surface area contributed by atoms with E-state index < -0.39 is 5.97 Å². The molecule has 14 heavy (non-hydrogen) atoms. The molecule has 0 fully saturated rings. The van der Waals surface area contributed by atoms with Crippen molar-refractivity contribution >= 4 is 75.7 Å². The third-order valence-corrected chi connectivity index (χ3v) is 3.85. The third-order valence-electron chi connectivity index (χ3n) is 0.854. The van der Waals surface area contributed by atoms with Gasteiger partial charge in [0.2, 0.25) is 0 Å². The van der Waals surface area contributed by atoms with E-state index in [1.165, 1.54) is 0 Å². The number of rotatable bonds is 4. The molecule has 0 aromatic heterocycles. The average molecular weight is 316 g/mol. The van der Waals surface area contributed by atoms with E-state index in [-0.39, 0.29) is 24.7 Å². The first kappa shape index (κ1) is 14.8. The minimum atomic E-state index is -1.02. The van der Waals surface area contributed by atoms with Gasteiger partial charge in [0, 0.05) is 0 Å². The minimum Gasteiger partial charge on any atom is -0.481 e. The van der Waals surface area contributed by atoms with Gasteiger partial charge in [0.05, 0.1) is 20.2 Å². The van der Waals surface area contributed by atoms with Crippen LogP contribution in [0, 0.1) is 0 Å². The Morgan fingerprint density at radius 3 is 1.93 bits per heavy atom. The van der Waals surface area contributed by atoms with Gasteiger partial charge in [0.1, 0.15) is 4.49 Å². The van der Waals surface area contributed by atoms with Crippen molar-refractivity contribution in [3.05, 3.63) is 18.9 Å². The number of aliphatic carboxylic acids is 1. The zero-order chi connectivity index (χ0) is 11.3. The van der Waals surface area contributed by atoms with Crippen LogP contribution in [0.5, 0.6) is 0 Å². The predicted octanol–water partition coefficient (Wildman–Crippen LogP) is 4.34. The van der Waals surface area contributed by atoms with Crippen molar-refractivity contribution in [3.8, 4) is 0 Å². The van der Waals surface area contributed by atoms with Crippen molar-refractivity contribution in [2.24, 2.45) is 0 Å². The van der Waals surface area contributed by atoms with Gasteiger partial charge in [0.25, 0.3) is 0 Å². The lowest BCUT2D eigenvalue weighted by Crippen LogP contribution is -1.97. The van der Waals surface area contributed by atoms with Crippen molar-refractivity contribution in [1.29, 1.82) is 0 Å². The molecule has 8 heteroatoms. The highest BCUT2D eigenvalue weighted by atomic mass is 35.5. The van der Waals surface area contributed by atoms with Gasteiger partial charge in [-0.3, -0.25) is 4.79 Å². The molecular formula is C6H3Cl5O2S. The van der Waals surface area contributed by atoms with Crippen LogP contribution < -0.4 is 0 Å². The quantitative estimate of drug-likeness (QED) is 0.784. The fourth-order valence-electron chi connectivity index (χ4n) is 0.358. The van der Waals surface area contributed by atoms with Gasteiger partial charge in [-0.15, -0.1) is 11.8 Å². The average Bonchev–Trinajstić information content (AvgIpc) is 2.11. The zero-order valence-corrected chi connectivity index (χ0v) is 11.0. The SMILES string of the molecule is O=C(O)CS/C(Cl)=C(\Cl)C(Cl)=C(Cl)Cl. The molecule has 0 radical (unpaired) electrons. The van der Waals surface area contributed by atoms with E-state index in [1.54, 1.807) is 0 Å². The molecule has 0 heterocycles. The number of carbonyl (C=O) groups is 1. The van der Waals surface area contributed by atoms with E-state index in [1.807, 2.05) is 0 Å². The van der Waals surface area contributed by atoms with Gasteiger partial charge in [-0.1, -0.05) is 58.0 Å². The predicted molar refractivity (Wildman–Crippen MR) is 63.4 cm³/mol. The first-order valence-electron chi connectivity index (χ1n) is 2.97. The largest absolute Gasteiger partial charge is 0.481 e. The van der Waals surface area contributed by atoms with E-state index in [4.69, 9.17) is 63.1 Å². The smallest absolute Gasteiger partial charge is 0.313 e. The third kappa shape index (κ3) is 5.59. The first-order valence-corrected chi connectivity index (χ1v) is 5.84. The fraction of sp³-hybridized carbons (Fsp3) is 0.167. The molecule has 0 aromatic rings. The Balaban J connectivity index is 4.60. The minimum absolute atomic E-state index is 0.0258. The van der Waals surface area contributed by atoms with Gasteiger partial charge in [-0.2, -0.15) is 0 Å². The molecule has 0 atom stereocenters. The Bertz CT molecular complexity index is 295. The highest BCUT2D eigenvalue weighted by molar-refractivity contribution is 8.05. The maximum absolute atomic E-state index is 10.2. The summed E-state index contributed by atoms with van der Waals surface area (Å²) in [5, 5.41) is 8.17. The second-order valence-electron chi connectivity index (χ2n) is 1.84. The van der Waals surface area contributed by atoms with Gasteiger partial charge in [0.15, 0.2) is 0 Å². The van der Waals surface area contributed by atoms with Gasteiger partial charge >= 0.3 is 5.97 Å². The second kappa shape index (κ2) is 7.09. The van der Waals surface area contributed by atoms with Crippen LogP contribution in [0.4, 0.5) is 0 Å². The molecule has 0 saturated carbocycles. The van der Waals surface area contributed by atoms with Crippen molar-refractivity contribution < 1.29 is 9.90 Å². The Hall–Kier alpha value is 0.750. The normalized spacial score (nSPS) is 12.1. The van der Waals surface area contributed by atoms with Crippen molar-refractivity contribution in [3.63, 3.8) is 0 Å². The molecule has 0 amide bonds. The van der Waals surface area contributed by atoms with Gasteiger partial charge in [-0.25, -0.2) is 0 Å². The standard InChI is InChI=1S/C6H3Cl5O2S/c7-3(5(9)10)4(8)6(11)14-1-2(12)13/h1H2,(H,12,13)/b6-4-. The van der Waals surface area contributed by atoms with Crippen molar-refractivity contribution in [1.82, 2.24) is 0 Å². The van der Waals surface area contributed by atoms with Crippen LogP contribution in [-0.4, -0.2) is 16.8 Å². The Morgan fingerprint density at radius 2 is 1.57 bits per heavy atom. The summed E-state index contributed by atoms with van der Waals surface area (Å²) in [6, 6.07) is 0. The molecule has 1 N–H and O–H groups in total. The molecule has 0 aliphatic rings. The first-order chi connectivity index (χ1) is 6.36. The molecule has 0 saturated heterocycles. The lowest BCUT2D eigenvalue weighted by molar-refractivity contribution is -0.133. The van der Waals surface area contributed by atoms with Crippen LogP contribution in [0.3, 0.4) is 0 Å². The Kier molecular flexibility index (Phi) is 7.47. The van der Waals surface area contributed by atoms with Crippen LogP contribution >= 0.6 is 69.8 Å². The summed E-state index contributed by atoms with van der Waals surface area (Å²) in [5.41, 5.74) is 0. The number of halogens is 5. The van der Waals surface area contributed by atoms with Crippen molar-refractivity contribution in [2.75, 3.05) is 5.75 Å².